The largest absolute Gasteiger partial charge is 0.0841 e. The quantitative estimate of drug-likeness (QED) is 0.585. The van der Waals surface area contributed by atoms with Gasteiger partial charge in [-0.3, -0.25) is 0 Å². The minimum absolute atomic E-state index is 0.589. The predicted molar refractivity (Wildman–Crippen MR) is 90.8 cm³/mol. The second kappa shape index (κ2) is 8.11. The van der Waals surface area contributed by atoms with E-state index in [0.29, 0.717) is 11.8 Å². The molecule has 0 amide bonds. The van der Waals surface area contributed by atoms with Crippen LogP contribution in [0.5, 0.6) is 0 Å². The SMILES string of the molecule is CC(C)c1ccccc1.Cc1cc(C(C)C)ccc1Cl. The van der Waals surface area contributed by atoms with E-state index in [1.54, 1.807) is 0 Å². The average molecular weight is 289 g/mol. The number of hydrogen-bond acceptors (Lipinski definition) is 0. The lowest BCUT2D eigenvalue weighted by Gasteiger charge is -2.06. The van der Waals surface area contributed by atoms with Gasteiger partial charge < -0.3 is 0 Å². The van der Waals surface area contributed by atoms with Crippen molar-refractivity contribution in [1.82, 2.24) is 0 Å². The summed E-state index contributed by atoms with van der Waals surface area (Å²) in [6, 6.07) is 16.7. The lowest BCUT2D eigenvalue weighted by molar-refractivity contribution is 0.865. The van der Waals surface area contributed by atoms with Gasteiger partial charge >= 0.3 is 0 Å². The standard InChI is InChI=1S/C10H13Cl.C9H12/c1-7(2)9-4-5-10(11)8(3)6-9;1-8(2)9-6-4-3-5-7-9/h4-7H,1-3H3;3-8H,1-2H3. The Kier molecular flexibility index (Phi) is 6.81. The van der Waals surface area contributed by atoms with Crippen molar-refractivity contribution < 1.29 is 0 Å². The van der Waals surface area contributed by atoms with E-state index < -0.39 is 0 Å². The molecule has 0 saturated carbocycles. The van der Waals surface area contributed by atoms with Crippen LogP contribution in [0, 0.1) is 6.92 Å². The van der Waals surface area contributed by atoms with Crippen molar-refractivity contribution in [3.8, 4) is 0 Å². The van der Waals surface area contributed by atoms with E-state index in [2.05, 4.69) is 64.1 Å². The molecule has 0 bridgehead atoms. The van der Waals surface area contributed by atoms with Crippen LogP contribution in [-0.4, -0.2) is 0 Å². The van der Waals surface area contributed by atoms with E-state index >= 15 is 0 Å². The molecule has 0 unspecified atom stereocenters. The molecular weight excluding hydrogens is 264 g/mol. The number of benzene rings is 2. The number of hydrogen-bond donors (Lipinski definition) is 0. The zero-order valence-electron chi connectivity index (χ0n) is 13.2. The molecule has 0 aliphatic carbocycles. The second-order valence-electron chi connectivity index (χ2n) is 5.73. The van der Waals surface area contributed by atoms with Crippen LogP contribution in [0.1, 0.15) is 56.2 Å². The van der Waals surface area contributed by atoms with Gasteiger partial charge in [-0.2, -0.15) is 0 Å². The van der Waals surface area contributed by atoms with E-state index in [1.165, 1.54) is 11.1 Å². The molecule has 108 valence electrons. The van der Waals surface area contributed by atoms with E-state index in [0.717, 1.165) is 10.6 Å². The van der Waals surface area contributed by atoms with Gasteiger partial charge in [0.1, 0.15) is 0 Å². The summed E-state index contributed by atoms with van der Waals surface area (Å²) in [7, 11) is 0. The molecule has 0 heterocycles. The molecule has 0 nitrogen and oxygen atoms in total. The molecule has 0 aromatic heterocycles. The van der Waals surface area contributed by atoms with Crippen molar-refractivity contribution in [3.63, 3.8) is 0 Å². The molecular formula is C19H25Cl. The molecule has 0 fully saturated rings. The lowest BCUT2D eigenvalue weighted by atomic mass is 10.0. The Bertz CT molecular complexity index is 513. The molecule has 0 saturated heterocycles. The first-order valence-corrected chi connectivity index (χ1v) is 7.60. The molecule has 0 aliphatic rings. The Morgan fingerprint density at radius 2 is 1.30 bits per heavy atom. The highest BCUT2D eigenvalue weighted by Gasteiger charge is 2.00. The van der Waals surface area contributed by atoms with Crippen molar-refractivity contribution >= 4 is 11.6 Å². The number of aryl methyl sites for hydroxylation is 1. The van der Waals surface area contributed by atoms with Crippen molar-refractivity contribution in [2.75, 3.05) is 0 Å². The van der Waals surface area contributed by atoms with Crippen LogP contribution >= 0.6 is 11.6 Å². The fourth-order valence-corrected chi connectivity index (χ4v) is 1.98. The minimum Gasteiger partial charge on any atom is -0.0841 e. The topological polar surface area (TPSA) is 0 Å². The maximum absolute atomic E-state index is 5.89. The van der Waals surface area contributed by atoms with E-state index in [-0.39, 0.29) is 0 Å². The van der Waals surface area contributed by atoms with Crippen LogP contribution in [0.15, 0.2) is 48.5 Å². The summed E-state index contributed by atoms with van der Waals surface area (Å²) in [5.74, 6) is 1.25. The fraction of sp³-hybridized carbons (Fsp3) is 0.368. The van der Waals surface area contributed by atoms with Crippen molar-refractivity contribution in [2.45, 2.75) is 46.5 Å². The normalized spacial score (nSPS) is 10.4. The van der Waals surface area contributed by atoms with Crippen molar-refractivity contribution in [3.05, 3.63) is 70.2 Å². The molecule has 20 heavy (non-hydrogen) atoms. The lowest BCUT2D eigenvalue weighted by Crippen LogP contribution is -1.87. The molecule has 0 N–H and O–H groups in total. The number of rotatable bonds is 2. The molecule has 0 aliphatic heterocycles. The third-order valence-electron chi connectivity index (χ3n) is 3.31. The van der Waals surface area contributed by atoms with E-state index in [9.17, 15) is 0 Å². The Balaban J connectivity index is 0.000000204. The third kappa shape index (κ3) is 5.38. The molecule has 2 rings (SSSR count). The van der Waals surface area contributed by atoms with Crippen LogP contribution in [-0.2, 0) is 0 Å². The predicted octanol–water partition coefficient (Wildman–Crippen LogP) is 6.58. The van der Waals surface area contributed by atoms with Gasteiger partial charge in [0.05, 0.1) is 0 Å². The van der Waals surface area contributed by atoms with E-state index in [1.807, 2.05) is 19.1 Å². The highest BCUT2D eigenvalue weighted by atomic mass is 35.5. The highest BCUT2D eigenvalue weighted by Crippen LogP contribution is 2.21. The van der Waals surface area contributed by atoms with Gasteiger partial charge in [-0.25, -0.2) is 0 Å². The van der Waals surface area contributed by atoms with Crippen LogP contribution in [0.3, 0.4) is 0 Å². The van der Waals surface area contributed by atoms with Gasteiger partial charge in [0.2, 0.25) is 0 Å². The van der Waals surface area contributed by atoms with Crippen molar-refractivity contribution in [1.29, 1.82) is 0 Å². The smallest absolute Gasteiger partial charge is 0.0435 e. The zero-order chi connectivity index (χ0) is 15.1. The summed E-state index contributed by atoms with van der Waals surface area (Å²) < 4.78 is 0. The first kappa shape index (κ1) is 16.8. The third-order valence-corrected chi connectivity index (χ3v) is 3.74. The summed E-state index contributed by atoms with van der Waals surface area (Å²) in [6.07, 6.45) is 0. The molecule has 0 atom stereocenters. The van der Waals surface area contributed by atoms with Gasteiger partial charge in [0, 0.05) is 5.02 Å². The van der Waals surface area contributed by atoms with Crippen LogP contribution in [0.2, 0.25) is 5.02 Å². The van der Waals surface area contributed by atoms with Gasteiger partial charge in [-0.1, -0.05) is 81.8 Å². The fourth-order valence-electron chi connectivity index (χ4n) is 1.86. The summed E-state index contributed by atoms with van der Waals surface area (Å²) >= 11 is 5.89. The number of halogens is 1. The summed E-state index contributed by atoms with van der Waals surface area (Å²) in [6.45, 7) is 10.8. The van der Waals surface area contributed by atoms with Gasteiger partial charge in [0.15, 0.2) is 0 Å². The van der Waals surface area contributed by atoms with Gasteiger partial charge in [-0.15, -0.1) is 0 Å². The van der Waals surface area contributed by atoms with E-state index in [4.69, 9.17) is 11.6 Å². The first-order valence-electron chi connectivity index (χ1n) is 7.22. The van der Waals surface area contributed by atoms with Crippen LogP contribution in [0.4, 0.5) is 0 Å². The molecule has 2 aromatic carbocycles. The Morgan fingerprint density at radius 1 is 0.750 bits per heavy atom. The average Bonchev–Trinajstić information content (AvgIpc) is 2.43. The first-order chi connectivity index (χ1) is 9.41. The van der Waals surface area contributed by atoms with Gasteiger partial charge in [0.25, 0.3) is 0 Å². The molecule has 2 aromatic rings. The maximum atomic E-state index is 5.89. The molecule has 1 heteroatoms. The second-order valence-corrected chi connectivity index (χ2v) is 6.14. The summed E-state index contributed by atoms with van der Waals surface area (Å²) in [5.41, 5.74) is 3.93. The van der Waals surface area contributed by atoms with Crippen LogP contribution < -0.4 is 0 Å². The minimum atomic E-state index is 0.589. The van der Waals surface area contributed by atoms with Crippen LogP contribution in [0.25, 0.3) is 0 Å². The monoisotopic (exact) mass is 288 g/mol. The summed E-state index contributed by atoms with van der Waals surface area (Å²) in [5, 5.41) is 0.856. The van der Waals surface area contributed by atoms with Gasteiger partial charge in [-0.05, 0) is 41.5 Å². The zero-order valence-corrected chi connectivity index (χ0v) is 13.9. The Hall–Kier alpha value is -1.27. The summed E-state index contributed by atoms with van der Waals surface area (Å²) in [4.78, 5) is 0. The Morgan fingerprint density at radius 3 is 1.70 bits per heavy atom. The molecule has 0 radical (unpaired) electrons. The van der Waals surface area contributed by atoms with Crippen molar-refractivity contribution in [2.24, 2.45) is 0 Å². The highest BCUT2D eigenvalue weighted by molar-refractivity contribution is 6.31. The Labute approximate surface area is 128 Å². The molecule has 0 spiro atoms. The maximum Gasteiger partial charge on any atom is 0.0435 e.